The van der Waals surface area contributed by atoms with Crippen LogP contribution in [0.25, 0.3) is 10.9 Å². The van der Waals surface area contributed by atoms with Gasteiger partial charge in [0.05, 0.1) is 5.52 Å². The zero-order valence-corrected chi connectivity index (χ0v) is 14.9. The van der Waals surface area contributed by atoms with E-state index in [0.29, 0.717) is 17.8 Å². The lowest BCUT2D eigenvalue weighted by molar-refractivity contribution is -0.000328. The molecule has 5 nitrogen and oxygen atoms in total. The van der Waals surface area contributed by atoms with Gasteiger partial charge in [0, 0.05) is 30.6 Å². The van der Waals surface area contributed by atoms with Gasteiger partial charge in [0.15, 0.2) is 5.69 Å². The third kappa shape index (κ3) is 2.74. The number of hydrogen-bond acceptors (Lipinski definition) is 3. The molecule has 3 aliphatic heterocycles. The van der Waals surface area contributed by atoms with Gasteiger partial charge in [-0.2, -0.15) is 5.10 Å². The van der Waals surface area contributed by atoms with Gasteiger partial charge in [-0.1, -0.05) is 18.9 Å². The third-order valence-corrected chi connectivity index (χ3v) is 6.43. The number of benzene rings is 1. The SMILES string of the molecule is CN1CC2CCC1CN2C(=O)c1n[nH]c2ccc(CCC3CC3)cc12. The summed E-state index contributed by atoms with van der Waals surface area (Å²) in [5.74, 6) is 1.04. The van der Waals surface area contributed by atoms with E-state index in [9.17, 15) is 4.79 Å². The molecule has 2 bridgehead atoms. The van der Waals surface area contributed by atoms with Crippen LogP contribution in [0.4, 0.5) is 0 Å². The maximum Gasteiger partial charge on any atom is 0.275 e. The van der Waals surface area contributed by atoms with Crippen molar-refractivity contribution in [3.63, 3.8) is 0 Å². The van der Waals surface area contributed by atoms with E-state index in [1.54, 1.807) is 0 Å². The maximum atomic E-state index is 13.2. The minimum absolute atomic E-state index is 0.105. The van der Waals surface area contributed by atoms with Crippen molar-refractivity contribution in [1.82, 2.24) is 20.0 Å². The van der Waals surface area contributed by atoms with E-state index in [2.05, 4.69) is 45.2 Å². The predicted octanol–water partition coefficient (Wildman–Crippen LogP) is 2.82. The Kier molecular flexibility index (Phi) is 3.59. The number of aromatic amines is 1. The highest BCUT2D eigenvalue weighted by molar-refractivity contribution is 6.05. The number of aromatic nitrogens is 2. The first-order valence-electron chi connectivity index (χ1n) is 9.67. The van der Waals surface area contributed by atoms with E-state index in [-0.39, 0.29) is 5.91 Å². The Hall–Kier alpha value is -1.88. The van der Waals surface area contributed by atoms with Crippen LogP contribution in [0, 0.1) is 5.92 Å². The molecule has 4 heterocycles. The van der Waals surface area contributed by atoms with Crippen LogP contribution in [0.2, 0.25) is 0 Å². The number of piperidine rings is 2. The Bertz CT molecular complexity index is 809. The fourth-order valence-corrected chi connectivity index (χ4v) is 4.58. The summed E-state index contributed by atoms with van der Waals surface area (Å²) in [6, 6.07) is 7.29. The molecule has 1 aromatic heterocycles. The summed E-state index contributed by atoms with van der Waals surface area (Å²) in [4.78, 5) is 17.7. The average molecular weight is 338 g/mol. The van der Waals surface area contributed by atoms with Crippen LogP contribution in [-0.4, -0.2) is 58.1 Å². The molecule has 1 saturated carbocycles. The number of hydrogen-bond donors (Lipinski definition) is 1. The summed E-state index contributed by atoms with van der Waals surface area (Å²) in [7, 11) is 2.18. The van der Waals surface area contributed by atoms with Crippen molar-refractivity contribution in [3.05, 3.63) is 29.5 Å². The van der Waals surface area contributed by atoms with Gasteiger partial charge in [0.2, 0.25) is 0 Å². The number of fused-ring (bicyclic) bond motifs is 4. The van der Waals surface area contributed by atoms with E-state index in [1.807, 2.05) is 0 Å². The van der Waals surface area contributed by atoms with E-state index in [0.717, 1.165) is 42.8 Å². The van der Waals surface area contributed by atoms with Gasteiger partial charge in [-0.3, -0.25) is 14.8 Å². The molecule has 0 spiro atoms. The van der Waals surface area contributed by atoms with Crippen LogP contribution in [0.1, 0.15) is 48.2 Å². The largest absolute Gasteiger partial charge is 0.331 e. The van der Waals surface area contributed by atoms with Crippen molar-refractivity contribution in [1.29, 1.82) is 0 Å². The van der Waals surface area contributed by atoms with Gasteiger partial charge in [-0.25, -0.2) is 0 Å². The second-order valence-electron chi connectivity index (χ2n) is 8.22. The van der Waals surface area contributed by atoms with E-state index in [4.69, 9.17) is 0 Å². The first-order chi connectivity index (χ1) is 12.2. The zero-order chi connectivity index (χ0) is 17.0. The summed E-state index contributed by atoms with van der Waals surface area (Å²) >= 11 is 0. The second-order valence-corrected chi connectivity index (χ2v) is 8.22. The van der Waals surface area contributed by atoms with E-state index >= 15 is 0 Å². The number of rotatable bonds is 4. The molecule has 5 heteroatoms. The first-order valence-corrected chi connectivity index (χ1v) is 9.67. The van der Waals surface area contributed by atoms with Crippen molar-refractivity contribution >= 4 is 16.8 Å². The molecule has 0 radical (unpaired) electrons. The summed E-state index contributed by atoms with van der Waals surface area (Å²) < 4.78 is 0. The highest BCUT2D eigenvalue weighted by Gasteiger charge is 2.40. The van der Waals surface area contributed by atoms with E-state index in [1.165, 1.54) is 31.2 Å². The molecule has 1 aromatic carbocycles. The van der Waals surface area contributed by atoms with Crippen LogP contribution in [-0.2, 0) is 6.42 Å². The van der Waals surface area contributed by atoms with Gasteiger partial charge in [-0.15, -0.1) is 0 Å². The number of nitrogens with one attached hydrogen (secondary N) is 1. The smallest absolute Gasteiger partial charge is 0.275 e. The molecule has 2 unspecified atom stereocenters. The Morgan fingerprint density at radius 3 is 2.76 bits per heavy atom. The lowest BCUT2D eigenvalue weighted by atomic mass is 9.91. The third-order valence-electron chi connectivity index (χ3n) is 6.43. The number of carbonyl (C=O) groups is 1. The molecule has 6 rings (SSSR count). The van der Waals surface area contributed by atoms with Crippen LogP contribution < -0.4 is 0 Å². The Morgan fingerprint density at radius 1 is 1.20 bits per heavy atom. The Balaban J connectivity index is 1.41. The van der Waals surface area contributed by atoms with Crippen molar-refractivity contribution in [2.75, 3.05) is 20.1 Å². The highest BCUT2D eigenvalue weighted by Crippen LogP contribution is 2.34. The maximum absolute atomic E-state index is 13.2. The molecule has 1 amide bonds. The topological polar surface area (TPSA) is 52.2 Å². The quantitative estimate of drug-likeness (QED) is 0.933. The number of likely N-dealkylation sites (N-methyl/N-ethyl adjacent to an activating group) is 1. The molecule has 1 aliphatic carbocycles. The van der Waals surface area contributed by atoms with Crippen LogP contribution in [0.15, 0.2) is 18.2 Å². The van der Waals surface area contributed by atoms with Crippen molar-refractivity contribution in [3.8, 4) is 0 Å². The minimum atomic E-state index is 0.105. The number of nitrogens with zero attached hydrogens (tertiary/aromatic N) is 3. The van der Waals surface area contributed by atoms with Crippen LogP contribution in [0.5, 0.6) is 0 Å². The summed E-state index contributed by atoms with van der Waals surface area (Å²) in [5.41, 5.74) is 2.91. The molecule has 4 fully saturated rings. The predicted molar refractivity (Wildman–Crippen MR) is 97.6 cm³/mol. The van der Waals surface area contributed by atoms with Crippen molar-refractivity contribution in [2.24, 2.45) is 5.92 Å². The monoisotopic (exact) mass is 338 g/mol. The number of H-pyrrole nitrogens is 1. The highest BCUT2D eigenvalue weighted by atomic mass is 16.2. The van der Waals surface area contributed by atoms with Crippen molar-refractivity contribution < 1.29 is 4.79 Å². The molecular formula is C20H26N4O. The fourth-order valence-electron chi connectivity index (χ4n) is 4.58. The van der Waals surface area contributed by atoms with Crippen molar-refractivity contribution in [2.45, 2.75) is 50.6 Å². The Morgan fingerprint density at radius 2 is 2.04 bits per heavy atom. The molecular weight excluding hydrogens is 312 g/mol. The average Bonchev–Trinajstić information content (AvgIpc) is 3.37. The molecule has 132 valence electrons. The second kappa shape index (κ2) is 5.84. The summed E-state index contributed by atoms with van der Waals surface area (Å²) in [6.07, 6.45) is 7.49. The van der Waals surface area contributed by atoms with Gasteiger partial charge in [-0.05, 0) is 56.3 Å². The van der Waals surface area contributed by atoms with Crippen LogP contribution >= 0.6 is 0 Å². The molecule has 1 N–H and O–H groups in total. The van der Waals surface area contributed by atoms with Gasteiger partial charge < -0.3 is 4.90 Å². The molecule has 4 aliphatic rings. The van der Waals surface area contributed by atoms with Crippen LogP contribution in [0.3, 0.4) is 0 Å². The summed E-state index contributed by atoms with van der Waals surface area (Å²) in [5, 5.41) is 8.44. The molecule has 2 atom stereocenters. The number of aryl methyl sites for hydroxylation is 1. The standard InChI is InChI=1S/C20H26N4O/c1-23-11-16-8-7-15(23)12-24(16)20(25)19-17-10-14(5-4-13-2-3-13)6-9-18(17)21-22-19/h6,9-10,13,15-16H,2-5,7-8,11-12H2,1H3,(H,21,22). The zero-order valence-electron chi connectivity index (χ0n) is 14.9. The molecule has 3 saturated heterocycles. The first kappa shape index (κ1) is 15.4. The Labute approximate surface area is 148 Å². The lowest BCUT2D eigenvalue weighted by Gasteiger charge is -2.50. The molecule has 25 heavy (non-hydrogen) atoms. The number of amides is 1. The normalized spacial score (nSPS) is 26.5. The minimum Gasteiger partial charge on any atom is -0.331 e. The van der Waals surface area contributed by atoms with E-state index < -0.39 is 0 Å². The van der Waals surface area contributed by atoms with Gasteiger partial charge >= 0.3 is 0 Å². The number of piperazine rings is 1. The fraction of sp³-hybridized carbons (Fsp3) is 0.600. The molecule has 2 aromatic rings. The lowest BCUT2D eigenvalue weighted by Crippen LogP contribution is -2.62. The summed E-state index contributed by atoms with van der Waals surface area (Å²) in [6.45, 7) is 1.83. The van der Waals surface area contributed by atoms with Gasteiger partial charge in [0.1, 0.15) is 0 Å². The number of carbonyl (C=O) groups excluding carboxylic acids is 1. The van der Waals surface area contributed by atoms with Gasteiger partial charge in [0.25, 0.3) is 5.91 Å².